The Morgan fingerprint density at radius 1 is 1.03 bits per heavy atom. The molecule has 0 saturated carbocycles. The number of hydrogen-bond acceptors (Lipinski definition) is 3. The molecule has 0 unspecified atom stereocenters. The van der Waals surface area contributed by atoms with E-state index < -0.39 is 0 Å². The molecule has 4 rings (SSSR count). The number of halogens is 1. The molecule has 1 N–H and O–H groups in total. The minimum atomic E-state index is -0.183. The zero-order valence-corrected chi connectivity index (χ0v) is 16.7. The number of benzene rings is 3. The molecule has 1 heterocycles. The van der Waals surface area contributed by atoms with Crippen LogP contribution in [0.1, 0.15) is 11.4 Å². The molecule has 146 valence electrons. The number of amides is 1. The number of fused-ring (bicyclic) bond motifs is 1. The maximum atomic E-state index is 12.7. The third-order valence-electron chi connectivity index (χ3n) is 4.57. The summed E-state index contributed by atoms with van der Waals surface area (Å²) in [6.07, 6.45) is 0. The fraction of sp³-hybridized carbons (Fsp3) is 0.130. The zero-order chi connectivity index (χ0) is 20.2. The van der Waals surface area contributed by atoms with Crippen molar-refractivity contribution in [3.63, 3.8) is 0 Å². The van der Waals surface area contributed by atoms with E-state index in [1.54, 1.807) is 12.1 Å². The van der Waals surface area contributed by atoms with E-state index in [1.165, 1.54) is 5.56 Å². The summed E-state index contributed by atoms with van der Waals surface area (Å²) in [5.74, 6) is 1.26. The van der Waals surface area contributed by atoms with Gasteiger partial charge in [-0.05, 0) is 43.3 Å². The van der Waals surface area contributed by atoms with E-state index in [-0.39, 0.29) is 19.1 Å². The number of nitrogens with zero attached hydrogens (tertiary/aromatic N) is 2. The van der Waals surface area contributed by atoms with Crippen LogP contribution >= 0.6 is 11.6 Å². The first kappa shape index (κ1) is 19.0. The van der Waals surface area contributed by atoms with Gasteiger partial charge in [-0.15, -0.1) is 0 Å². The van der Waals surface area contributed by atoms with Crippen molar-refractivity contribution in [2.24, 2.45) is 0 Å². The fourth-order valence-electron chi connectivity index (χ4n) is 3.09. The van der Waals surface area contributed by atoms with E-state index >= 15 is 0 Å². The van der Waals surface area contributed by atoms with Gasteiger partial charge in [0.15, 0.2) is 0 Å². The van der Waals surface area contributed by atoms with Crippen LogP contribution in [0.15, 0.2) is 72.8 Å². The van der Waals surface area contributed by atoms with Gasteiger partial charge in [-0.1, -0.05) is 53.6 Å². The van der Waals surface area contributed by atoms with Crippen molar-refractivity contribution in [1.82, 2.24) is 9.55 Å². The standard InChI is InChI=1S/C23H20ClN3O2/c1-16-10-12-17(13-11-16)29-15-22-25-20-8-4-5-9-21(20)27(22)14-23(28)26-19-7-3-2-6-18(19)24/h2-13H,14-15H2,1H3,(H,26,28). The van der Waals surface area contributed by atoms with E-state index in [1.807, 2.05) is 72.2 Å². The minimum absolute atomic E-state index is 0.109. The van der Waals surface area contributed by atoms with Gasteiger partial charge in [-0.25, -0.2) is 4.98 Å². The van der Waals surface area contributed by atoms with Gasteiger partial charge in [0.2, 0.25) is 5.91 Å². The highest BCUT2D eigenvalue weighted by Gasteiger charge is 2.15. The van der Waals surface area contributed by atoms with Gasteiger partial charge in [-0.3, -0.25) is 4.79 Å². The second-order valence-electron chi connectivity index (χ2n) is 6.73. The van der Waals surface area contributed by atoms with Crippen molar-refractivity contribution in [1.29, 1.82) is 0 Å². The summed E-state index contributed by atoms with van der Waals surface area (Å²) in [6.45, 7) is 2.40. The molecule has 1 aromatic heterocycles. The number of nitrogens with one attached hydrogen (secondary N) is 1. The van der Waals surface area contributed by atoms with Crippen molar-refractivity contribution >= 4 is 34.2 Å². The summed E-state index contributed by atoms with van der Waals surface area (Å²) in [4.78, 5) is 17.3. The molecular formula is C23H20ClN3O2. The minimum Gasteiger partial charge on any atom is -0.486 e. The predicted molar refractivity (Wildman–Crippen MR) is 115 cm³/mol. The van der Waals surface area contributed by atoms with Crippen molar-refractivity contribution in [2.75, 3.05) is 5.32 Å². The number of imidazole rings is 1. The summed E-state index contributed by atoms with van der Waals surface area (Å²) in [5.41, 5.74) is 3.45. The van der Waals surface area contributed by atoms with Crippen LogP contribution in [0, 0.1) is 6.92 Å². The molecule has 29 heavy (non-hydrogen) atoms. The number of para-hydroxylation sites is 3. The molecular weight excluding hydrogens is 386 g/mol. The third-order valence-corrected chi connectivity index (χ3v) is 4.90. The number of hydrogen-bond donors (Lipinski definition) is 1. The second-order valence-corrected chi connectivity index (χ2v) is 7.14. The van der Waals surface area contributed by atoms with E-state index in [2.05, 4.69) is 10.3 Å². The molecule has 4 aromatic rings. The number of aromatic nitrogens is 2. The number of rotatable bonds is 6. The molecule has 0 fully saturated rings. The van der Waals surface area contributed by atoms with Crippen LogP contribution in [0.2, 0.25) is 5.02 Å². The Labute approximate surface area is 173 Å². The first-order valence-corrected chi connectivity index (χ1v) is 9.66. The van der Waals surface area contributed by atoms with Gasteiger partial charge >= 0.3 is 0 Å². The molecule has 1 amide bonds. The predicted octanol–water partition coefficient (Wildman–Crippen LogP) is 5.22. The molecule has 3 aromatic carbocycles. The van der Waals surface area contributed by atoms with Crippen LogP contribution < -0.4 is 10.1 Å². The molecule has 0 aliphatic carbocycles. The summed E-state index contributed by atoms with van der Waals surface area (Å²) >= 11 is 6.15. The smallest absolute Gasteiger partial charge is 0.244 e. The fourth-order valence-corrected chi connectivity index (χ4v) is 3.27. The monoisotopic (exact) mass is 405 g/mol. The molecule has 5 nitrogen and oxygen atoms in total. The van der Waals surface area contributed by atoms with E-state index in [0.717, 1.165) is 16.8 Å². The Balaban J connectivity index is 1.57. The summed E-state index contributed by atoms with van der Waals surface area (Å²) < 4.78 is 7.77. The Morgan fingerprint density at radius 3 is 2.55 bits per heavy atom. The number of ether oxygens (including phenoxy) is 1. The van der Waals surface area contributed by atoms with Crippen LogP contribution in [-0.4, -0.2) is 15.5 Å². The van der Waals surface area contributed by atoms with Gasteiger partial charge in [0.05, 0.1) is 21.7 Å². The van der Waals surface area contributed by atoms with Crippen LogP contribution in [0.3, 0.4) is 0 Å². The Bertz CT molecular complexity index is 1150. The van der Waals surface area contributed by atoms with Gasteiger partial charge in [0, 0.05) is 0 Å². The largest absolute Gasteiger partial charge is 0.486 e. The normalized spacial score (nSPS) is 10.8. The van der Waals surface area contributed by atoms with E-state index in [4.69, 9.17) is 16.3 Å². The average Bonchev–Trinajstić information content (AvgIpc) is 3.07. The average molecular weight is 406 g/mol. The topological polar surface area (TPSA) is 56.2 Å². The summed E-state index contributed by atoms with van der Waals surface area (Å²) in [7, 11) is 0. The first-order valence-electron chi connectivity index (χ1n) is 9.28. The van der Waals surface area contributed by atoms with Crippen molar-refractivity contribution in [2.45, 2.75) is 20.1 Å². The lowest BCUT2D eigenvalue weighted by molar-refractivity contribution is -0.116. The van der Waals surface area contributed by atoms with E-state index in [0.29, 0.717) is 16.5 Å². The number of aryl methyl sites for hydroxylation is 1. The highest BCUT2D eigenvalue weighted by atomic mass is 35.5. The molecule has 0 saturated heterocycles. The van der Waals surface area contributed by atoms with Crippen LogP contribution in [0.5, 0.6) is 5.75 Å². The number of carbonyl (C=O) groups excluding carboxylic acids is 1. The second kappa shape index (κ2) is 8.37. The van der Waals surface area contributed by atoms with E-state index in [9.17, 15) is 4.79 Å². The number of carbonyl (C=O) groups is 1. The Morgan fingerprint density at radius 2 is 1.76 bits per heavy atom. The highest BCUT2D eigenvalue weighted by molar-refractivity contribution is 6.33. The van der Waals surface area contributed by atoms with Gasteiger partial charge in [-0.2, -0.15) is 0 Å². The molecule has 0 spiro atoms. The third kappa shape index (κ3) is 4.41. The summed E-state index contributed by atoms with van der Waals surface area (Å²) in [5, 5.41) is 3.36. The van der Waals surface area contributed by atoms with Crippen LogP contribution in [-0.2, 0) is 17.9 Å². The highest BCUT2D eigenvalue weighted by Crippen LogP contribution is 2.22. The Kier molecular flexibility index (Phi) is 5.49. The molecule has 0 bridgehead atoms. The van der Waals surface area contributed by atoms with Crippen LogP contribution in [0.25, 0.3) is 11.0 Å². The lowest BCUT2D eigenvalue weighted by atomic mass is 10.2. The molecule has 0 aliphatic heterocycles. The molecule has 6 heteroatoms. The molecule has 0 aliphatic rings. The van der Waals surface area contributed by atoms with Crippen LogP contribution in [0.4, 0.5) is 5.69 Å². The lowest BCUT2D eigenvalue weighted by Gasteiger charge is -2.12. The molecule has 0 atom stereocenters. The quantitative estimate of drug-likeness (QED) is 0.478. The SMILES string of the molecule is Cc1ccc(OCc2nc3ccccc3n2CC(=O)Nc2ccccc2Cl)cc1. The lowest BCUT2D eigenvalue weighted by Crippen LogP contribution is -2.21. The maximum absolute atomic E-state index is 12.7. The van der Waals surface area contributed by atoms with Gasteiger partial charge in [0.25, 0.3) is 0 Å². The number of anilines is 1. The van der Waals surface area contributed by atoms with Gasteiger partial charge in [0.1, 0.15) is 24.7 Å². The van der Waals surface area contributed by atoms with Crippen molar-refractivity contribution in [3.05, 3.63) is 89.2 Å². The zero-order valence-electron chi connectivity index (χ0n) is 15.9. The van der Waals surface area contributed by atoms with Crippen molar-refractivity contribution in [3.8, 4) is 5.75 Å². The maximum Gasteiger partial charge on any atom is 0.244 e. The molecule has 0 radical (unpaired) electrons. The van der Waals surface area contributed by atoms with Crippen molar-refractivity contribution < 1.29 is 9.53 Å². The summed E-state index contributed by atoms with van der Waals surface area (Å²) in [6, 6.07) is 22.7. The first-order chi connectivity index (χ1) is 14.1. The Hall–Kier alpha value is -3.31. The van der Waals surface area contributed by atoms with Gasteiger partial charge < -0.3 is 14.6 Å².